The fourth-order valence-electron chi connectivity index (χ4n) is 2.58. The molecule has 0 saturated heterocycles. The first-order valence-electron chi connectivity index (χ1n) is 8.03. The maximum atomic E-state index is 11.9. The monoisotopic (exact) mass is 334 g/mol. The summed E-state index contributed by atoms with van der Waals surface area (Å²) in [4.78, 5) is 35.4. The molecule has 24 heavy (non-hydrogen) atoms. The number of urea groups is 1. The van der Waals surface area contributed by atoms with Crippen LogP contribution >= 0.6 is 0 Å². The Balaban J connectivity index is 1.74. The zero-order chi connectivity index (χ0) is 17.5. The van der Waals surface area contributed by atoms with Gasteiger partial charge in [-0.15, -0.1) is 0 Å². The van der Waals surface area contributed by atoms with Crippen LogP contribution < -0.4 is 10.6 Å². The summed E-state index contributed by atoms with van der Waals surface area (Å²) < 4.78 is 5.02. The number of amides is 3. The predicted octanol–water partition coefficient (Wildman–Crippen LogP) is 1.63. The van der Waals surface area contributed by atoms with Gasteiger partial charge in [-0.1, -0.05) is 25.0 Å². The number of hydrogen-bond acceptors (Lipinski definition) is 5. The topological polar surface area (TPSA) is 105 Å². The van der Waals surface area contributed by atoms with Gasteiger partial charge in [-0.25, -0.2) is 4.79 Å². The lowest BCUT2D eigenvalue weighted by molar-refractivity contribution is -0.153. The highest BCUT2D eigenvalue weighted by Gasteiger charge is 2.22. The second-order valence-electron chi connectivity index (χ2n) is 5.92. The van der Waals surface area contributed by atoms with Crippen LogP contribution in [0.5, 0.6) is 5.75 Å². The van der Waals surface area contributed by atoms with E-state index in [0.717, 1.165) is 25.7 Å². The van der Waals surface area contributed by atoms with E-state index in [9.17, 15) is 19.5 Å². The first-order chi connectivity index (χ1) is 11.4. The quantitative estimate of drug-likeness (QED) is 0.710. The van der Waals surface area contributed by atoms with E-state index in [1.165, 1.54) is 19.1 Å². The number of imide groups is 1. The molecule has 0 spiro atoms. The predicted molar refractivity (Wildman–Crippen MR) is 86.3 cm³/mol. The Morgan fingerprint density at radius 1 is 1.21 bits per heavy atom. The Bertz CT molecular complexity index is 594. The number of hydrogen-bond donors (Lipinski definition) is 3. The van der Waals surface area contributed by atoms with E-state index in [0.29, 0.717) is 5.56 Å². The number of benzene rings is 1. The van der Waals surface area contributed by atoms with E-state index in [1.807, 2.05) is 0 Å². The highest BCUT2D eigenvalue weighted by Crippen LogP contribution is 2.17. The molecule has 0 bridgehead atoms. The summed E-state index contributed by atoms with van der Waals surface area (Å²) in [5.74, 6) is -1.14. The third-order valence-electron chi connectivity index (χ3n) is 3.89. The van der Waals surface area contributed by atoms with Crippen LogP contribution in [0, 0.1) is 0 Å². The number of phenolic OH excluding ortho intramolecular Hbond substituents is 1. The molecule has 0 radical (unpaired) electrons. The summed E-state index contributed by atoms with van der Waals surface area (Å²) in [6, 6.07) is 5.66. The van der Waals surface area contributed by atoms with Crippen molar-refractivity contribution in [3.63, 3.8) is 0 Å². The van der Waals surface area contributed by atoms with E-state index < -0.39 is 24.0 Å². The first-order valence-corrected chi connectivity index (χ1v) is 8.03. The van der Waals surface area contributed by atoms with E-state index in [2.05, 4.69) is 10.6 Å². The van der Waals surface area contributed by atoms with Crippen molar-refractivity contribution < 1.29 is 24.2 Å². The second kappa shape index (κ2) is 8.33. The summed E-state index contributed by atoms with van der Waals surface area (Å²) in [7, 11) is 0. The number of carbonyl (C=O) groups excluding carboxylic acids is 3. The molecule has 1 atom stereocenters. The fourth-order valence-corrected chi connectivity index (χ4v) is 2.58. The van der Waals surface area contributed by atoms with Gasteiger partial charge in [0.25, 0.3) is 5.91 Å². The molecule has 1 aliphatic rings. The molecule has 130 valence electrons. The lowest BCUT2D eigenvalue weighted by atomic mass is 10.1. The van der Waals surface area contributed by atoms with Crippen molar-refractivity contribution in [1.29, 1.82) is 0 Å². The fraction of sp³-hybridized carbons (Fsp3) is 0.471. The summed E-state index contributed by atoms with van der Waals surface area (Å²) in [5.41, 5.74) is 0.657. The molecule has 7 heteroatoms. The van der Waals surface area contributed by atoms with Gasteiger partial charge in [0.1, 0.15) is 5.75 Å². The molecular weight excluding hydrogens is 312 g/mol. The average Bonchev–Trinajstić information content (AvgIpc) is 3.02. The van der Waals surface area contributed by atoms with Crippen molar-refractivity contribution in [3.05, 3.63) is 29.8 Å². The molecule has 1 aliphatic carbocycles. The average molecular weight is 334 g/mol. The molecule has 1 saturated carbocycles. The maximum absolute atomic E-state index is 11.9. The van der Waals surface area contributed by atoms with E-state index in [1.54, 1.807) is 12.1 Å². The molecule has 1 aromatic rings. The van der Waals surface area contributed by atoms with Gasteiger partial charge >= 0.3 is 12.0 Å². The number of ether oxygens (including phenoxy) is 1. The molecule has 2 rings (SSSR count). The largest absolute Gasteiger partial charge is 0.508 e. The van der Waals surface area contributed by atoms with Crippen molar-refractivity contribution in [2.24, 2.45) is 0 Å². The van der Waals surface area contributed by atoms with Crippen molar-refractivity contribution in [2.45, 2.75) is 51.2 Å². The zero-order valence-electron chi connectivity index (χ0n) is 13.6. The molecule has 1 aromatic carbocycles. The normalized spacial score (nSPS) is 15.5. The summed E-state index contributed by atoms with van der Waals surface area (Å²) in [6.07, 6.45) is 2.89. The molecule has 1 fully saturated rings. The van der Waals surface area contributed by atoms with Crippen molar-refractivity contribution in [2.75, 3.05) is 0 Å². The summed E-state index contributed by atoms with van der Waals surface area (Å²) in [6.45, 7) is 1.41. The van der Waals surface area contributed by atoms with Crippen LogP contribution in [0.25, 0.3) is 0 Å². The summed E-state index contributed by atoms with van der Waals surface area (Å²) >= 11 is 0. The van der Waals surface area contributed by atoms with Crippen molar-refractivity contribution in [1.82, 2.24) is 10.6 Å². The van der Waals surface area contributed by atoms with Crippen molar-refractivity contribution in [3.8, 4) is 5.75 Å². The van der Waals surface area contributed by atoms with Crippen LogP contribution in [-0.2, 0) is 20.7 Å². The van der Waals surface area contributed by atoms with E-state index in [-0.39, 0.29) is 18.2 Å². The number of nitrogens with one attached hydrogen (secondary N) is 2. The maximum Gasteiger partial charge on any atom is 0.321 e. The SMILES string of the molecule is C[C@@H](OC(=O)Cc1ccc(O)cc1)C(=O)NC(=O)NC1CCCC1. The minimum atomic E-state index is -1.07. The van der Waals surface area contributed by atoms with Gasteiger partial charge < -0.3 is 15.2 Å². The molecule has 0 heterocycles. The number of esters is 1. The van der Waals surface area contributed by atoms with Crippen LogP contribution in [0.4, 0.5) is 4.79 Å². The molecule has 7 nitrogen and oxygen atoms in total. The zero-order valence-corrected chi connectivity index (χ0v) is 13.6. The lowest BCUT2D eigenvalue weighted by Crippen LogP contribution is -2.47. The standard InChI is InChI=1S/C17H22N2O5/c1-11(16(22)19-17(23)18-13-4-2-3-5-13)24-15(21)10-12-6-8-14(20)9-7-12/h6-9,11,13,20H,2-5,10H2,1H3,(H2,18,19,22,23)/t11-/m1/s1. The van der Waals surface area contributed by atoms with Gasteiger partial charge in [0, 0.05) is 6.04 Å². The Labute approximate surface area is 140 Å². The molecular formula is C17H22N2O5. The van der Waals surface area contributed by atoms with Crippen LogP contribution in [0.1, 0.15) is 38.2 Å². The minimum absolute atomic E-state index is 0.0217. The lowest BCUT2D eigenvalue weighted by Gasteiger charge is -2.15. The van der Waals surface area contributed by atoms with Gasteiger partial charge in [-0.05, 0) is 37.5 Å². The Hall–Kier alpha value is -2.57. The van der Waals surface area contributed by atoms with Crippen molar-refractivity contribution >= 4 is 17.9 Å². The Kier molecular flexibility index (Phi) is 6.17. The molecule has 0 unspecified atom stereocenters. The molecule has 3 N–H and O–H groups in total. The number of aromatic hydroxyl groups is 1. The Morgan fingerprint density at radius 2 is 1.83 bits per heavy atom. The van der Waals surface area contributed by atoms with Crippen LogP contribution in [0.2, 0.25) is 0 Å². The highest BCUT2D eigenvalue weighted by molar-refractivity contribution is 5.97. The van der Waals surface area contributed by atoms with Crippen LogP contribution in [0.15, 0.2) is 24.3 Å². The third-order valence-corrected chi connectivity index (χ3v) is 3.89. The van der Waals surface area contributed by atoms with Gasteiger partial charge in [0.2, 0.25) is 0 Å². The molecule has 3 amide bonds. The smallest absolute Gasteiger partial charge is 0.321 e. The van der Waals surface area contributed by atoms with Gasteiger partial charge in [0.05, 0.1) is 6.42 Å². The third kappa shape index (κ3) is 5.57. The van der Waals surface area contributed by atoms with E-state index in [4.69, 9.17) is 4.74 Å². The highest BCUT2D eigenvalue weighted by atomic mass is 16.5. The van der Waals surface area contributed by atoms with Gasteiger partial charge in [-0.3, -0.25) is 14.9 Å². The number of phenols is 1. The second-order valence-corrected chi connectivity index (χ2v) is 5.92. The minimum Gasteiger partial charge on any atom is -0.508 e. The number of carbonyl (C=O) groups is 3. The number of rotatable bonds is 5. The summed E-state index contributed by atoms with van der Waals surface area (Å²) in [5, 5.41) is 14.1. The van der Waals surface area contributed by atoms with E-state index >= 15 is 0 Å². The molecule has 0 aliphatic heterocycles. The molecule has 0 aromatic heterocycles. The van der Waals surface area contributed by atoms with Crippen LogP contribution in [0.3, 0.4) is 0 Å². The first kappa shape index (κ1) is 17.8. The Morgan fingerprint density at radius 3 is 2.46 bits per heavy atom. The van der Waals surface area contributed by atoms with Gasteiger partial charge in [-0.2, -0.15) is 0 Å². The van der Waals surface area contributed by atoms with Gasteiger partial charge in [0.15, 0.2) is 6.10 Å². The van der Waals surface area contributed by atoms with Crippen LogP contribution in [-0.4, -0.2) is 35.2 Å².